The molecule has 1 aromatic carbocycles. The molecule has 0 aromatic heterocycles. The lowest BCUT2D eigenvalue weighted by Gasteiger charge is -2.14. The molecule has 0 aliphatic carbocycles. The molecule has 5 heteroatoms. The van der Waals surface area contributed by atoms with E-state index in [1.54, 1.807) is 0 Å². The summed E-state index contributed by atoms with van der Waals surface area (Å²) in [6.45, 7) is 6.88. The summed E-state index contributed by atoms with van der Waals surface area (Å²) in [6.07, 6.45) is 0. The molecule has 0 saturated carbocycles. The normalized spacial score (nSPS) is 13.8. The van der Waals surface area contributed by atoms with Crippen LogP contribution >= 0.6 is 0 Å². The summed E-state index contributed by atoms with van der Waals surface area (Å²) >= 11 is 0. The topological polar surface area (TPSA) is 54.9 Å². The van der Waals surface area contributed by atoms with E-state index in [1.165, 1.54) is 0 Å². The van der Waals surface area contributed by atoms with Crippen LogP contribution in [0.15, 0.2) is 23.2 Å². The summed E-state index contributed by atoms with van der Waals surface area (Å²) in [6, 6.07) is 5.74. The molecular weight excluding hydrogens is 230 g/mol. The monoisotopic (exact) mass is 249 g/mol. The zero-order valence-corrected chi connectivity index (χ0v) is 10.8. The second-order valence-corrected chi connectivity index (χ2v) is 3.81. The molecule has 0 fully saturated rings. The highest BCUT2D eigenvalue weighted by atomic mass is 16.5. The zero-order chi connectivity index (χ0) is 12.8. The first-order valence-electron chi connectivity index (χ1n) is 6.28. The van der Waals surface area contributed by atoms with Gasteiger partial charge in [0.2, 0.25) is 0 Å². The van der Waals surface area contributed by atoms with Crippen LogP contribution in [-0.2, 0) is 0 Å². The minimum Gasteiger partial charge on any atom is -0.494 e. The van der Waals surface area contributed by atoms with Crippen LogP contribution in [0.3, 0.4) is 0 Å². The molecule has 0 amide bonds. The van der Waals surface area contributed by atoms with Crippen LogP contribution in [0.2, 0.25) is 0 Å². The van der Waals surface area contributed by atoms with Gasteiger partial charge < -0.3 is 20.1 Å². The molecule has 0 spiro atoms. The Labute approximate surface area is 107 Å². The Bertz CT molecular complexity index is 432. The molecular formula is C13H19N3O2. The second-order valence-electron chi connectivity index (χ2n) is 3.81. The second kappa shape index (κ2) is 6.14. The number of guanidine groups is 1. The molecule has 98 valence electrons. The number of rotatable bonds is 5. The molecule has 5 nitrogen and oxygen atoms in total. The van der Waals surface area contributed by atoms with E-state index in [9.17, 15) is 0 Å². The molecule has 0 radical (unpaired) electrons. The van der Waals surface area contributed by atoms with Gasteiger partial charge in [-0.3, -0.25) is 4.99 Å². The number of hydrogen-bond donors (Lipinski definition) is 2. The van der Waals surface area contributed by atoms with E-state index < -0.39 is 0 Å². The Morgan fingerprint density at radius 1 is 1.28 bits per heavy atom. The molecule has 0 bridgehead atoms. The fraction of sp³-hybridized carbons (Fsp3) is 0.462. The van der Waals surface area contributed by atoms with Gasteiger partial charge in [-0.25, -0.2) is 0 Å². The Morgan fingerprint density at radius 2 is 2.11 bits per heavy atom. The van der Waals surface area contributed by atoms with Crippen molar-refractivity contribution in [2.45, 2.75) is 13.8 Å². The average Bonchev–Trinajstić information content (AvgIpc) is 2.86. The Hall–Kier alpha value is -1.91. The van der Waals surface area contributed by atoms with Gasteiger partial charge in [0.1, 0.15) is 11.5 Å². The van der Waals surface area contributed by atoms with E-state index in [-0.39, 0.29) is 0 Å². The summed E-state index contributed by atoms with van der Waals surface area (Å²) in [4.78, 5) is 4.31. The zero-order valence-electron chi connectivity index (χ0n) is 10.8. The molecule has 0 saturated heterocycles. The van der Waals surface area contributed by atoms with Crippen LogP contribution < -0.4 is 20.1 Å². The van der Waals surface area contributed by atoms with Crippen molar-refractivity contribution in [2.24, 2.45) is 4.99 Å². The van der Waals surface area contributed by atoms with Crippen molar-refractivity contribution < 1.29 is 9.47 Å². The lowest BCUT2D eigenvalue weighted by atomic mass is 10.2. The molecule has 0 atom stereocenters. The third kappa shape index (κ3) is 3.06. The van der Waals surface area contributed by atoms with Gasteiger partial charge in [0.05, 0.1) is 25.4 Å². The minimum atomic E-state index is 0.628. The fourth-order valence-corrected chi connectivity index (χ4v) is 1.75. The van der Waals surface area contributed by atoms with Crippen molar-refractivity contribution in [3.63, 3.8) is 0 Å². The lowest BCUT2D eigenvalue weighted by Crippen LogP contribution is -2.26. The van der Waals surface area contributed by atoms with E-state index in [0.29, 0.717) is 13.2 Å². The summed E-state index contributed by atoms with van der Waals surface area (Å²) < 4.78 is 11.1. The molecule has 2 rings (SSSR count). The highest BCUT2D eigenvalue weighted by molar-refractivity contribution is 5.96. The van der Waals surface area contributed by atoms with Crippen molar-refractivity contribution in [2.75, 3.05) is 31.6 Å². The number of ether oxygens (including phenoxy) is 2. The number of hydrogen-bond acceptors (Lipinski definition) is 5. The van der Waals surface area contributed by atoms with E-state index in [4.69, 9.17) is 9.47 Å². The Morgan fingerprint density at radius 3 is 2.78 bits per heavy atom. The van der Waals surface area contributed by atoms with Crippen LogP contribution in [0.25, 0.3) is 0 Å². The third-order valence-corrected chi connectivity index (χ3v) is 2.49. The summed E-state index contributed by atoms with van der Waals surface area (Å²) in [5, 5.41) is 6.40. The maximum Gasteiger partial charge on any atom is 0.196 e. The van der Waals surface area contributed by atoms with Crippen molar-refractivity contribution >= 4 is 11.6 Å². The van der Waals surface area contributed by atoms with Gasteiger partial charge in [0.25, 0.3) is 0 Å². The standard InChI is InChI=1S/C13H19N3O2/c1-3-17-10-5-6-12(18-4-2)11(9-10)16-13-14-7-8-15-13/h5-6,9H,3-4,7-8H2,1-2H3,(H2,14,15,16). The summed E-state index contributed by atoms with van der Waals surface area (Å²) in [5.41, 5.74) is 0.871. The Kier molecular flexibility index (Phi) is 4.28. The van der Waals surface area contributed by atoms with Gasteiger partial charge >= 0.3 is 0 Å². The first kappa shape index (κ1) is 12.5. The molecule has 0 unspecified atom stereocenters. The SMILES string of the molecule is CCOc1ccc(OCC)c(NC2=NCCN2)c1. The van der Waals surface area contributed by atoms with Crippen LogP contribution in [0.5, 0.6) is 11.5 Å². The average molecular weight is 249 g/mol. The number of anilines is 1. The van der Waals surface area contributed by atoms with Crippen LogP contribution in [0, 0.1) is 0 Å². The van der Waals surface area contributed by atoms with Crippen molar-refractivity contribution in [3.8, 4) is 11.5 Å². The number of benzene rings is 1. The summed E-state index contributed by atoms with van der Waals surface area (Å²) in [5.74, 6) is 2.41. The maximum absolute atomic E-state index is 5.58. The van der Waals surface area contributed by atoms with E-state index in [1.807, 2.05) is 32.0 Å². The quantitative estimate of drug-likeness (QED) is 0.836. The van der Waals surface area contributed by atoms with Crippen molar-refractivity contribution in [1.82, 2.24) is 5.32 Å². The van der Waals surface area contributed by atoms with Gasteiger partial charge in [-0.2, -0.15) is 0 Å². The highest BCUT2D eigenvalue weighted by Gasteiger charge is 2.10. The van der Waals surface area contributed by atoms with Crippen LogP contribution in [-0.4, -0.2) is 32.3 Å². The largest absolute Gasteiger partial charge is 0.494 e. The van der Waals surface area contributed by atoms with Crippen LogP contribution in [0.1, 0.15) is 13.8 Å². The van der Waals surface area contributed by atoms with Gasteiger partial charge in [0.15, 0.2) is 5.96 Å². The maximum atomic E-state index is 5.58. The van der Waals surface area contributed by atoms with E-state index >= 15 is 0 Å². The molecule has 1 aromatic rings. The molecule has 1 heterocycles. The van der Waals surface area contributed by atoms with Crippen molar-refractivity contribution in [1.29, 1.82) is 0 Å². The minimum absolute atomic E-state index is 0.628. The molecule has 1 aliphatic rings. The molecule has 2 N–H and O–H groups in total. The smallest absolute Gasteiger partial charge is 0.196 e. The van der Waals surface area contributed by atoms with E-state index in [0.717, 1.165) is 36.2 Å². The number of nitrogens with one attached hydrogen (secondary N) is 2. The van der Waals surface area contributed by atoms with Gasteiger partial charge in [-0.1, -0.05) is 0 Å². The first-order chi connectivity index (χ1) is 8.83. The van der Waals surface area contributed by atoms with Crippen molar-refractivity contribution in [3.05, 3.63) is 18.2 Å². The number of aliphatic imine (C=N–C) groups is 1. The van der Waals surface area contributed by atoms with Crippen LogP contribution in [0.4, 0.5) is 5.69 Å². The Balaban J connectivity index is 2.18. The predicted molar refractivity (Wildman–Crippen MR) is 72.7 cm³/mol. The van der Waals surface area contributed by atoms with Gasteiger partial charge in [0, 0.05) is 12.6 Å². The molecule has 1 aliphatic heterocycles. The van der Waals surface area contributed by atoms with E-state index in [2.05, 4.69) is 15.6 Å². The fourth-order valence-electron chi connectivity index (χ4n) is 1.75. The highest BCUT2D eigenvalue weighted by Crippen LogP contribution is 2.29. The first-order valence-corrected chi connectivity index (χ1v) is 6.28. The number of nitrogens with zero attached hydrogens (tertiary/aromatic N) is 1. The summed E-state index contributed by atoms with van der Waals surface area (Å²) in [7, 11) is 0. The molecule has 18 heavy (non-hydrogen) atoms. The predicted octanol–water partition coefficient (Wildman–Crippen LogP) is 1.86. The third-order valence-electron chi connectivity index (χ3n) is 2.49. The van der Waals surface area contributed by atoms with Gasteiger partial charge in [-0.15, -0.1) is 0 Å². The van der Waals surface area contributed by atoms with Gasteiger partial charge in [-0.05, 0) is 26.0 Å². The lowest BCUT2D eigenvalue weighted by molar-refractivity contribution is 0.332.